The van der Waals surface area contributed by atoms with Crippen LogP contribution in [0.25, 0.3) is 11.5 Å². The highest BCUT2D eigenvalue weighted by molar-refractivity contribution is 5.72. The molecule has 0 aliphatic heterocycles. The normalized spacial score (nSPS) is 12.0. The Morgan fingerprint density at radius 1 is 1.12 bits per heavy atom. The molecular weight excluding hydrogens is 323 g/mol. The minimum Gasteiger partial charge on any atom is -0.452 e. The number of hydrogen-bond donors (Lipinski definition) is 0. The number of ether oxygens (including phenoxy) is 1. The van der Waals surface area contributed by atoms with Crippen LogP contribution in [0.4, 0.5) is 4.39 Å². The number of carbonyl (C=O) groups is 1. The predicted molar refractivity (Wildman–Crippen MR) is 89.1 cm³/mol. The number of nitrogens with zero attached hydrogens (tertiary/aromatic N) is 2. The number of halogens is 1. The maximum Gasteiger partial charge on any atom is 0.311 e. The number of carbonyl (C=O) groups excluding carboxylic acids is 1. The molecule has 1 atom stereocenters. The van der Waals surface area contributed by atoms with E-state index in [-0.39, 0.29) is 30.0 Å². The molecule has 0 aliphatic carbocycles. The van der Waals surface area contributed by atoms with Crippen molar-refractivity contribution in [2.24, 2.45) is 0 Å². The van der Waals surface area contributed by atoms with Crippen molar-refractivity contribution in [3.8, 4) is 11.5 Å². The molecule has 0 fully saturated rings. The van der Waals surface area contributed by atoms with Crippen molar-refractivity contribution < 1.29 is 18.3 Å². The van der Waals surface area contributed by atoms with Crippen molar-refractivity contribution in [2.75, 3.05) is 0 Å². The van der Waals surface area contributed by atoms with Crippen molar-refractivity contribution in [3.63, 3.8) is 0 Å². The van der Waals surface area contributed by atoms with Gasteiger partial charge >= 0.3 is 5.97 Å². The molecule has 0 saturated heterocycles. The van der Waals surface area contributed by atoms with Crippen LogP contribution in [0, 0.1) is 12.7 Å². The molecule has 5 nitrogen and oxygen atoms in total. The third-order valence-electron chi connectivity index (χ3n) is 3.66. The highest BCUT2D eigenvalue weighted by Gasteiger charge is 2.19. The minimum atomic E-state index is -0.667. The molecule has 0 saturated carbocycles. The SMILES string of the molecule is Cc1ccc(CC(=O)O[C@H](C)c2nnc(-c3ccc(F)cc3)o2)cc1. The molecule has 0 N–H and O–H groups in total. The van der Waals surface area contributed by atoms with E-state index >= 15 is 0 Å². The fourth-order valence-electron chi connectivity index (χ4n) is 2.27. The zero-order valence-electron chi connectivity index (χ0n) is 13.9. The number of rotatable bonds is 5. The minimum absolute atomic E-state index is 0.170. The van der Waals surface area contributed by atoms with Gasteiger partial charge in [-0.05, 0) is 43.7 Å². The highest BCUT2D eigenvalue weighted by atomic mass is 19.1. The van der Waals surface area contributed by atoms with Gasteiger partial charge in [0.2, 0.25) is 5.89 Å². The van der Waals surface area contributed by atoms with Gasteiger partial charge in [0.05, 0.1) is 6.42 Å². The predicted octanol–water partition coefficient (Wildman–Crippen LogP) is 4.03. The first-order valence-electron chi connectivity index (χ1n) is 7.85. The van der Waals surface area contributed by atoms with Gasteiger partial charge in [0.15, 0.2) is 6.10 Å². The molecule has 128 valence electrons. The first-order chi connectivity index (χ1) is 12.0. The van der Waals surface area contributed by atoms with Gasteiger partial charge in [-0.3, -0.25) is 4.79 Å². The Bertz CT molecular complexity index is 857. The zero-order chi connectivity index (χ0) is 17.8. The lowest BCUT2D eigenvalue weighted by molar-refractivity contribution is -0.148. The van der Waals surface area contributed by atoms with Gasteiger partial charge in [0, 0.05) is 5.56 Å². The maximum absolute atomic E-state index is 13.0. The number of esters is 1. The second-order valence-electron chi connectivity index (χ2n) is 5.75. The summed E-state index contributed by atoms with van der Waals surface area (Å²) in [5.41, 5.74) is 2.60. The Kier molecular flexibility index (Phi) is 4.88. The Balaban J connectivity index is 1.63. The molecule has 0 amide bonds. The average Bonchev–Trinajstić information content (AvgIpc) is 3.08. The summed E-state index contributed by atoms with van der Waals surface area (Å²) in [6, 6.07) is 13.4. The van der Waals surface area contributed by atoms with Crippen LogP contribution in [-0.2, 0) is 16.0 Å². The summed E-state index contributed by atoms with van der Waals surface area (Å²) in [6.07, 6.45) is -0.497. The van der Waals surface area contributed by atoms with E-state index in [1.165, 1.54) is 12.1 Å². The van der Waals surface area contributed by atoms with Crippen LogP contribution in [0.1, 0.15) is 30.0 Å². The van der Waals surface area contributed by atoms with Crippen molar-refractivity contribution in [1.82, 2.24) is 10.2 Å². The molecule has 0 bridgehead atoms. The van der Waals surface area contributed by atoms with Gasteiger partial charge in [-0.15, -0.1) is 10.2 Å². The quantitative estimate of drug-likeness (QED) is 0.656. The third kappa shape index (κ3) is 4.29. The molecule has 0 unspecified atom stereocenters. The zero-order valence-corrected chi connectivity index (χ0v) is 13.9. The van der Waals surface area contributed by atoms with Crippen LogP contribution in [0.15, 0.2) is 52.9 Å². The molecule has 0 radical (unpaired) electrons. The molecule has 3 aromatic rings. The van der Waals surface area contributed by atoms with Crippen LogP contribution in [0.3, 0.4) is 0 Å². The van der Waals surface area contributed by atoms with E-state index < -0.39 is 6.10 Å². The lowest BCUT2D eigenvalue weighted by atomic mass is 10.1. The van der Waals surface area contributed by atoms with Crippen LogP contribution in [0.5, 0.6) is 0 Å². The molecule has 6 heteroatoms. The monoisotopic (exact) mass is 340 g/mol. The lowest BCUT2D eigenvalue weighted by Crippen LogP contribution is -2.11. The number of aromatic nitrogens is 2. The topological polar surface area (TPSA) is 65.2 Å². The molecule has 2 aromatic carbocycles. The molecule has 0 aliphatic rings. The van der Waals surface area contributed by atoms with Crippen LogP contribution < -0.4 is 0 Å². The smallest absolute Gasteiger partial charge is 0.311 e. The fourth-order valence-corrected chi connectivity index (χ4v) is 2.27. The van der Waals surface area contributed by atoms with Crippen molar-refractivity contribution in [2.45, 2.75) is 26.4 Å². The van der Waals surface area contributed by atoms with Crippen LogP contribution >= 0.6 is 0 Å². The summed E-state index contributed by atoms with van der Waals surface area (Å²) >= 11 is 0. The van der Waals surface area contributed by atoms with Gasteiger partial charge < -0.3 is 9.15 Å². The van der Waals surface area contributed by atoms with Crippen LogP contribution in [-0.4, -0.2) is 16.2 Å². The third-order valence-corrected chi connectivity index (χ3v) is 3.66. The average molecular weight is 340 g/mol. The maximum atomic E-state index is 13.0. The summed E-state index contributed by atoms with van der Waals surface area (Å²) in [5.74, 6) is -0.284. The molecular formula is C19H17FN2O3. The lowest BCUT2D eigenvalue weighted by Gasteiger charge is -2.09. The summed E-state index contributed by atoms with van der Waals surface area (Å²) in [6.45, 7) is 3.65. The van der Waals surface area contributed by atoms with E-state index in [1.54, 1.807) is 19.1 Å². The highest BCUT2D eigenvalue weighted by Crippen LogP contribution is 2.22. The van der Waals surface area contributed by atoms with E-state index in [4.69, 9.17) is 9.15 Å². The van der Waals surface area contributed by atoms with Gasteiger partial charge in [-0.1, -0.05) is 29.8 Å². The summed E-state index contributed by atoms with van der Waals surface area (Å²) in [5, 5.41) is 7.81. The first kappa shape index (κ1) is 16.8. The van der Waals surface area contributed by atoms with Crippen molar-refractivity contribution >= 4 is 5.97 Å². The number of benzene rings is 2. The van der Waals surface area contributed by atoms with Gasteiger partial charge in [-0.2, -0.15) is 0 Å². The number of hydrogen-bond acceptors (Lipinski definition) is 5. The second-order valence-corrected chi connectivity index (χ2v) is 5.75. The standard InChI is InChI=1S/C19H17FN2O3/c1-12-3-5-14(6-4-12)11-17(23)24-13(2)18-21-22-19(25-18)15-7-9-16(20)10-8-15/h3-10,13H,11H2,1-2H3/t13-/m1/s1. The second kappa shape index (κ2) is 7.25. The molecule has 1 aromatic heterocycles. The summed E-state index contributed by atoms with van der Waals surface area (Å²) < 4.78 is 23.8. The first-order valence-corrected chi connectivity index (χ1v) is 7.85. The van der Waals surface area contributed by atoms with Crippen LogP contribution in [0.2, 0.25) is 0 Å². The van der Waals surface area contributed by atoms with Gasteiger partial charge in [0.1, 0.15) is 5.82 Å². The Labute approximate surface area is 144 Å². The summed E-state index contributed by atoms with van der Waals surface area (Å²) in [7, 11) is 0. The molecule has 25 heavy (non-hydrogen) atoms. The van der Waals surface area contributed by atoms with Gasteiger partial charge in [-0.25, -0.2) is 4.39 Å². The molecule has 3 rings (SSSR count). The molecule has 0 spiro atoms. The summed E-state index contributed by atoms with van der Waals surface area (Å²) in [4.78, 5) is 12.0. The van der Waals surface area contributed by atoms with Crippen molar-refractivity contribution in [3.05, 3.63) is 71.4 Å². The largest absolute Gasteiger partial charge is 0.452 e. The van der Waals surface area contributed by atoms with E-state index in [9.17, 15) is 9.18 Å². The fraction of sp³-hybridized carbons (Fsp3) is 0.211. The molecule has 1 heterocycles. The van der Waals surface area contributed by atoms with Crippen molar-refractivity contribution in [1.29, 1.82) is 0 Å². The van der Waals surface area contributed by atoms with Gasteiger partial charge in [0.25, 0.3) is 5.89 Å². The van der Waals surface area contributed by atoms with E-state index in [1.807, 2.05) is 31.2 Å². The Morgan fingerprint density at radius 3 is 2.48 bits per heavy atom. The van der Waals surface area contributed by atoms with E-state index in [0.29, 0.717) is 5.56 Å². The Morgan fingerprint density at radius 2 is 1.80 bits per heavy atom. The van der Waals surface area contributed by atoms with E-state index in [2.05, 4.69) is 10.2 Å². The van der Waals surface area contributed by atoms with E-state index in [0.717, 1.165) is 11.1 Å². The Hall–Kier alpha value is -3.02. The number of aryl methyl sites for hydroxylation is 1.